The maximum absolute atomic E-state index is 12.5. The first-order valence-corrected chi connectivity index (χ1v) is 10.7. The molecule has 0 heterocycles. The minimum atomic E-state index is -3.37. The van der Waals surface area contributed by atoms with E-state index in [0.717, 1.165) is 6.26 Å². The Hall–Kier alpha value is -3.20. The third kappa shape index (κ3) is 6.15. The number of carbonyl (C=O) groups excluding carboxylic acids is 3. The first kappa shape index (κ1) is 22.1. The van der Waals surface area contributed by atoms with Gasteiger partial charge in [0.25, 0.3) is 17.7 Å². The normalized spacial score (nSPS) is 12.1. The van der Waals surface area contributed by atoms with Crippen LogP contribution in [-0.4, -0.2) is 38.4 Å². The lowest BCUT2D eigenvalue weighted by Gasteiger charge is -2.22. The van der Waals surface area contributed by atoms with Gasteiger partial charge in [-0.2, -0.15) is 0 Å². The molecule has 0 aromatic heterocycles. The zero-order chi connectivity index (χ0) is 21.6. The van der Waals surface area contributed by atoms with Crippen molar-refractivity contribution >= 4 is 27.6 Å². The zero-order valence-corrected chi connectivity index (χ0v) is 17.1. The molecule has 2 aromatic carbocycles. The number of amides is 3. The summed E-state index contributed by atoms with van der Waals surface area (Å²) in [7, 11) is -3.37. The summed E-state index contributed by atoms with van der Waals surface area (Å²) in [6, 6.07) is 12.9. The lowest BCUT2D eigenvalue weighted by molar-refractivity contribution is -0.124. The van der Waals surface area contributed by atoms with E-state index in [1.807, 2.05) is 0 Å². The van der Waals surface area contributed by atoms with Gasteiger partial charge < -0.3 is 5.32 Å². The predicted octanol–water partition coefficient (Wildman–Crippen LogP) is 1.31. The molecule has 0 aliphatic carbocycles. The van der Waals surface area contributed by atoms with Crippen LogP contribution < -0.4 is 16.2 Å². The van der Waals surface area contributed by atoms with Gasteiger partial charge in [-0.3, -0.25) is 25.2 Å². The van der Waals surface area contributed by atoms with Crippen molar-refractivity contribution in [3.63, 3.8) is 0 Å². The summed E-state index contributed by atoms with van der Waals surface area (Å²) in [6.07, 6.45) is 1.07. The van der Waals surface area contributed by atoms with Gasteiger partial charge in [-0.05, 0) is 42.3 Å². The van der Waals surface area contributed by atoms with E-state index in [1.54, 1.807) is 44.2 Å². The molecule has 29 heavy (non-hydrogen) atoms. The van der Waals surface area contributed by atoms with Gasteiger partial charge >= 0.3 is 0 Å². The van der Waals surface area contributed by atoms with Crippen LogP contribution in [0.4, 0.5) is 0 Å². The Bertz CT molecular complexity index is 987. The summed E-state index contributed by atoms with van der Waals surface area (Å²) in [5.74, 6) is -1.82. The number of sulfone groups is 1. The molecule has 154 valence electrons. The molecule has 9 heteroatoms. The quantitative estimate of drug-likeness (QED) is 0.612. The third-order valence-corrected chi connectivity index (χ3v) is 5.24. The molecule has 8 nitrogen and oxygen atoms in total. The van der Waals surface area contributed by atoms with Crippen molar-refractivity contribution in [1.82, 2.24) is 16.2 Å². The Kier molecular flexibility index (Phi) is 7.11. The van der Waals surface area contributed by atoms with Crippen molar-refractivity contribution in [2.24, 2.45) is 5.92 Å². The smallest absolute Gasteiger partial charge is 0.269 e. The predicted molar refractivity (Wildman–Crippen MR) is 108 cm³/mol. The average molecular weight is 417 g/mol. The second-order valence-electron chi connectivity index (χ2n) is 6.80. The van der Waals surface area contributed by atoms with Crippen LogP contribution in [0.3, 0.4) is 0 Å². The summed E-state index contributed by atoms with van der Waals surface area (Å²) >= 11 is 0. The van der Waals surface area contributed by atoms with Gasteiger partial charge in [0.15, 0.2) is 9.84 Å². The van der Waals surface area contributed by atoms with Crippen molar-refractivity contribution in [2.45, 2.75) is 24.8 Å². The van der Waals surface area contributed by atoms with Gasteiger partial charge in [-0.15, -0.1) is 0 Å². The van der Waals surface area contributed by atoms with Crippen LogP contribution in [-0.2, 0) is 14.6 Å². The molecule has 0 bridgehead atoms. The van der Waals surface area contributed by atoms with Gasteiger partial charge in [0.05, 0.1) is 4.90 Å². The molecule has 0 saturated heterocycles. The second-order valence-corrected chi connectivity index (χ2v) is 8.82. The van der Waals surface area contributed by atoms with E-state index >= 15 is 0 Å². The first-order chi connectivity index (χ1) is 13.6. The summed E-state index contributed by atoms with van der Waals surface area (Å²) in [5.41, 5.74) is 5.15. The van der Waals surface area contributed by atoms with Gasteiger partial charge in [-0.25, -0.2) is 8.42 Å². The summed E-state index contributed by atoms with van der Waals surface area (Å²) in [4.78, 5) is 37.0. The fraction of sp³-hybridized carbons (Fsp3) is 0.250. The van der Waals surface area contributed by atoms with E-state index in [4.69, 9.17) is 0 Å². The van der Waals surface area contributed by atoms with Crippen LogP contribution in [0, 0.1) is 5.92 Å². The number of benzene rings is 2. The van der Waals surface area contributed by atoms with Crippen LogP contribution >= 0.6 is 0 Å². The Morgan fingerprint density at radius 2 is 1.34 bits per heavy atom. The molecule has 1 atom stereocenters. The van der Waals surface area contributed by atoms with Crippen LogP contribution in [0.5, 0.6) is 0 Å². The Morgan fingerprint density at radius 1 is 0.793 bits per heavy atom. The Labute approximate surface area is 169 Å². The number of carbonyl (C=O) groups is 3. The second kappa shape index (κ2) is 9.33. The fourth-order valence-corrected chi connectivity index (χ4v) is 3.10. The lowest BCUT2D eigenvalue weighted by Crippen LogP contribution is -2.54. The van der Waals surface area contributed by atoms with Crippen molar-refractivity contribution in [3.05, 3.63) is 65.7 Å². The summed E-state index contributed by atoms with van der Waals surface area (Å²) < 4.78 is 22.9. The molecule has 0 radical (unpaired) electrons. The molecule has 2 rings (SSSR count). The monoisotopic (exact) mass is 417 g/mol. The minimum Gasteiger partial charge on any atom is -0.340 e. The lowest BCUT2D eigenvalue weighted by atomic mass is 10.0. The van der Waals surface area contributed by atoms with E-state index in [-0.39, 0.29) is 16.4 Å². The van der Waals surface area contributed by atoms with Crippen LogP contribution in [0.15, 0.2) is 59.5 Å². The van der Waals surface area contributed by atoms with Crippen molar-refractivity contribution in [2.75, 3.05) is 6.26 Å². The van der Waals surface area contributed by atoms with E-state index in [1.165, 1.54) is 24.3 Å². The largest absolute Gasteiger partial charge is 0.340 e. The van der Waals surface area contributed by atoms with Crippen molar-refractivity contribution in [1.29, 1.82) is 0 Å². The summed E-state index contributed by atoms with van der Waals surface area (Å²) in [5, 5.41) is 2.65. The molecular weight excluding hydrogens is 394 g/mol. The molecular formula is C20H23N3O5S. The molecule has 1 unspecified atom stereocenters. The molecule has 2 aromatic rings. The third-order valence-electron chi connectivity index (χ3n) is 4.12. The number of nitrogens with one attached hydrogen (secondary N) is 3. The average Bonchev–Trinajstić information content (AvgIpc) is 2.69. The minimum absolute atomic E-state index is 0.0848. The van der Waals surface area contributed by atoms with Crippen LogP contribution in [0.25, 0.3) is 0 Å². The molecule has 0 spiro atoms. The standard InChI is InChI=1S/C20H23N3O5S/c1-13(2)17(21-18(24)14-7-5-4-6-8-14)20(26)23-22-19(25)15-9-11-16(12-10-15)29(3,27)28/h4-13,17H,1-3H3,(H,21,24)(H,22,25)(H,23,26). The van der Waals surface area contributed by atoms with Gasteiger partial charge in [0.1, 0.15) is 6.04 Å². The van der Waals surface area contributed by atoms with Gasteiger partial charge in [0.2, 0.25) is 0 Å². The zero-order valence-electron chi connectivity index (χ0n) is 16.3. The number of hydrogen-bond donors (Lipinski definition) is 3. The van der Waals surface area contributed by atoms with E-state index in [2.05, 4.69) is 16.2 Å². The number of rotatable bonds is 6. The van der Waals surface area contributed by atoms with Gasteiger partial charge in [-0.1, -0.05) is 32.0 Å². The summed E-state index contributed by atoms with van der Waals surface area (Å²) in [6.45, 7) is 3.53. The highest BCUT2D eigenvalue weighted by atomic mass is 32.2. The first-order valence-electron chi connectivity index (χ1n) is 8.86. The highest BCUT2D eigenvalue weighted by Crippen LogP contribution is 2.10. The Balaban J connectivity index is 1.99. The van der Waals surface area contributed by atoms with Crippen molar-refractivity contribution < 1.29 is 22.8 Å². The van der Waals surface area contributed by atoms with E-state index in [0.29, 0.717) is 5.56 Å². The maximum Gasteiger partial charge on any atom is 0.269 e. The topological polar surface area (TPSA) is 121 Å². The SMILES string of the molecule is CC(C)C(NC(=O)c1ccccc1)C(=O)NNC(=O)c1ccc(S(C)(=O)=O)cc1. The number of hydrogen-bond acceptors (Lipinski definition) is 5. The highest BCUT2D eigenvalue weighted by molar-refractivity contribution is 7.90. The van der Waals surface area contributed by atoms with Crippen LogP contribution in [0.2, 0.25) is 0 Å². The van der Waals surface area contributed by atoms with Crippen molar-refractivity contribution in [3.8, 4) is 0 Å². The van der Waals surface area contributed by atoms with E-state index < -0.39 is 33.6 Å². The highest BCUT2D eigenvalue weighted by Gasteiger charge is 2.25. The molecule has 0 aliphatic heterocycles. The molecule has 3 N–H and O–H groups in total. The maximum atomic E-state index is 12.5. The number of hydrazine groups is 1. The molecule has 0 saturated carbocycles. The van der Waals surface area contributed by atoms with Gasteiger partial charge in [0, 0.05) is 17.4 Å². The molecule has 0 aliphatic rings. The molecule has 3 amide bonds. The van der Waals surface area contributed by atoms with E-state index in [9.17, 15) is 22.8 Å². The molecule has 0 fully saturated rings. The van der Waals surface area contributed by atoms with Crippen LogP contribution in [0.1, 0.15) is 34.6 Å². The Morgan fingerprint density at radius 3 is 1.86 bits per heavy atom. The fourth-order valence-electron chi connectivity index (χ4n) is 2.47.